The quantitative estimate of drug-likeness (QED) is 0.484. The van der Waals surface area contributed by atoms with Gasteiger partial charge in [-0.1, -0.05) is 30.3 Å². The number of hydrogen-bond donors (Lipinski definition) is 1. The molecule has 2 aliphatic heterocycles. The highest BCUT2D eigenvalue weighted by Gasteiger charge is 2.57. The Morgan fingerprint density at radius 2 is 1.82 bits per heavy atom. The molecule has 2 saturated heterocycles. The lowest BCUT2D eigenvalue weighted by atomic mass is 10.0. The Balaban J connectivity index is 1.31. The monoisotopic (exact) mass is 538 g/mol. The van der Waals surface area contributed by atoms with Crippen molar-refractivity contribution in [1.82, 2.24) is 14.3 Å². The van der Waals surface area contributed by atoms with Crippen molar-refractivity contribution in [2.75, 3.05) is 11.1 Å². The van der Waals surface area contributed by atoms with Crippen LogP contribution in [0.5, 0.6) is 0 Å². The zero-order chi connectivity index (χ0) is 27.2. The van der Waals surface area contributed by atoms with Crippen molar-refractivity contribution in [1.29, 1.82) is 0 Å². The number of rotatable bonds is 6. The summed E-state index contributed by atoms with van der Waals surface area (Å²) in [4.78, 5) is 52.8. The Morgan fingerprint density at radius 3 is 2.50 bits per heavy atom. The molecule has 0 aliphatic carbocycles. The molecule has 5 rings (SSSR count). The number of thioether (sulfide) groups is 1. The molecule has 0 spiro atoms. The van der Waals surface area contributed by atoms with Crippen LogP contribution in [0.15, 0.2) is 59.4 Å². The highest BCUT2D eigenvalue weighted by molar-refractivity contribution is 8.00. The van der Waals surface area contributed by atoms with E-state index in [0.717, 1.165) is 5.56 Å². The van der Waals surface area contributed by atoms with E-state index in [1.165, 1.54) is 40.4 Å². The number of anilines is 1. The van der Waals surface area contributed by atoms with E-state index in [1.807, 2.05) is 6.07 Å². The van der Waals surface area contributed by atoms with Crippen LogP contribution in [0.1, 0.15) is 31.0 Å². The molecule has 0 bridgehead atoms. The number of amides is 2. The van der Waals surface area contributed by atoms with Crippen LogP contribution < -0.4 is 10.9 Å². The van der Waals surface area contributed by atoms with Gasteiger partial charge in [-0.15, -0.1) is 11.8 Å². The van der Waals surface area contributed by atoms with Gasteiger partial charge in [0, 0.05) is 19.2 Å². The number of ether oxygens (including phenoxy) is 1. The lowest BCUT2D eigenvalue weighted by Gasteiger charge is -2.33. The van der Waals surface area contributed by atoms with E-state index in [1.54, 1.807) is 55.1 Å². The highest BCUT2D eigenvalue weighted by Crippen LogP contribution is 2.54. The number of nitrogens with one attached hydrogen (secondary N) is 1. The van der Waals surface area contributed by atoms with Crippen molar-refractivity contribution in [3.05, 3.63) is 82.0 Å². The topological polar surface area (TPSA) is 103 Å². The van der Waals surface area contributed by atoms with Gasteiger partial charge in [-0.05, 0) is 50.1 Å². The fourth-order valence-electron chi connectivity index (χ4n) is 5.07. The van der Waals surface area contributed by atoms with E-state index in [-0.39, 0.29) is 29.6 Å². The zero-order valence-electron chi connectivity index (χ0n) is 21.1. The van der Waals surface area contributed by atoms with Crippen molar-refractivity contribution in [2.24, 2.45) is 7.05 Å². The maximum atomic E-state index is 13.5. The summed E-state index contributed by atoms with van der Waals surface area (Å²) in [6.45, 7) is 3.12. The molecule has 3 atom stereocenters. The van der Waals surface area contributed by atoms with Gasteiger partial charge in [-0.25, -0.2) is 13.9 Å². The molecule has 11 heteroatoms. The van der Waals surface area contributed by atoms with E-state index >= 15 is 0 Å². The minimum absolute atomic E-state index is 0.0886. The van der Waals surface area contributed by atoms with E-state index in [2.05, 4.69) is 5.32 Å². The molecule has 198 valence electrons. The normalized spacial score (nSPS) is 21.3. The molecule has 0 saturated carbocycles. The molecule has 3 heterocycles. The molecule has 2 aromatic carbocycles. The Kier molecular flexibility index (Phi) is 6.64. The maximum Gasteiger partial charge on any atom is 0.330 e. The number of nitrogens with zero attached hydrogens (tertiary/aromatic N) is 3. The Hall–Kier alpha value is -3.86. The Labute approximate surface area is 222 Å². The molecule has 2 amide bonds. The van der Waals surface area contributed by atoms with Crippen molar-refractivity contribution in [3.8, 4) is 5.69 Å². The minimum Gasteiger partial charge on any atom is -0.451 e. The van der Waals surface area contributed by atoms with Gasteiger partial charge < -0.3 is 15.0 Å². The van der Waals surface area contributed by atoms with Crippen molar-refractivity contribution in [3.63, 3.8) is 0 Å². The van der Waals surface area contributed by atoms with Gasteiger partial charge in [0.05, 0.1) is 11.4 Å². The van der Waals surface area contributed by atoms with E-state index in [4.69, 9.17) is 4.74 Å². The minimum atomic E-state index is -1.21. The van der Waals surface area contributed by atoms with Crippen LogP contribution in [-0.2, 0) is 31.0 Å². The predicted octanol–water partition coefficient (Wildman–Crippen LogP) is 3.08. The van der Waals surface area contributed by atoms with Gasteiger partial charge in [0.1, 0.15) is 22.4 Å². The number of hydrogen-bond acceptors (Lipinski definition) is 6. The number of carbonyl (C=O) groups is 3. The molecule has 3 aromatic rings. The predicted molar refractivity (Wildman–Crippen MR) is 140 cm³/mol. The summed E-state index contributed by atoms with van der Waals surface area (Å²) < 4.78 is 22.1. The summed E-state index contributed by atoms with van der Waals surface area (Å²) in [5.74, 6) is -1.65. The lowest BCUT2D eigenvalue weighted by Crippen LogP contribution is -2.48. The van der Waals surface area contributed by atoms with Crippen LogP contribution in [0.4, 0.5) is 10.1 Å². The van der Waals surface area contributed by atoms with Crippen LogP contribution in [-0.4, -0.2) is 49.9 Å². The second-order valence-corrected chi connectivity index (χ2v) is 10.7. The first-order valence-corrected chi connectivity index (χ1v) is 13.2. The number of carbonyl (C=O) groups excluding carboxylic acids is 3. The fourth-order valence-corrected chi connectivity index (χ4v) is 6.71. The van der Waals surface area contributed by atoms with Gasteiger partial charge in [-0.2, -0.15) is 0 Å². The van der Waals surface area contributed by atoms with Crippen LogP contribution >= 0.6 is 11.8 Å². The van der Waals surface area contributed by atoms with Crippen LogP contribution in [0.2, 0.25) is 0 Å². The summed E-state index contributed by atoms with van der Waals surface area (Å²) in [7, 11) is 1.71. The van der Waals surface area contributed by atoms with E-state index < -0.39 is 34.5 Å². The first-order valence-electron chi connectivity index (χ1n) is 12.2. The van der Waals surface area contributed by atoms with Crippen LogP contribution in [0.25, 0.3) is 5.69 Å². The second kappa shape index (κ2) is 9.79. The first-order chi connectivity index (χ1) is 18.1. The lowest BCUT2D eigenvalue weighted by molar-refractivity contribution is -0.160. The molecule has 2 aliphatic rings. The molecule has 1 N–H and O–H groups in total. The van der Waals surface area contributed by atoms with Crippen LogP contribution in [0.3, 0.4) is 0 Å². The largest absolute Gasteiger partial charge is 0.451 e. The number of benzene rings is 2. The van der Waals surface area contributed by atoms with Crippen LogP contribution in [0, 0.1) is 12.7 Å². The Bertz CT molecular complexity index is 1470. The van der Waals surface area contributed by atoms with Crippen molar-refractivity contribution < 1.29 is 23.5 Å². The number of halogens is 1. The third kappa shape index (κ3) is 4.20. The van der Waals surface area contributed by atoms with Crippen molar-refractivity contribution >= 4 is 35.2 Å². The van der Waals surface area contributed by atoms with Gasteiger partial charge >= 0.3 is 5.97 Å². The SMILES string of the molecule is Cc1c(NC(=O)[C@H](C)OC(=O)[C@@H]2CS[C@]3(c4ccc(F)cc4)CCC(=O)N23)c(=O)n(-c2ccccc2)n1C. The molecular formula is C27H27FN4O5S. The molecule has 9 nitrogen and oxygen atoms in total. The smallest absolute Gasteiger partial charge is 0.330 e. The number of fused-ring (bicyclic) bond motifs is 1. The summed E-state index contributed by atoms with van der Waals surface area (Å²) in [5.41, 5.74) is 1.59. The van der Waals surface area contributed by atoms with Gasteiger partial charge in [0.2, 0.25) is 5.91 Å². The molecule has 38 heavy (non-hydrogen) atoms. The maximum absolute atomic E-state index is 13.5. The fraction of sp³-hybridized carbons (Fsp3) is 0.333. The molecule has 2 fully saturated rings. The van der Waals surface area contributed by atoms with E-state index in [9.17, 15) is 23.6 Å². The first kappa shape index (κ1) is 25.8. The Morgan fingerprint density at radius 1 is 1.13 bits per heavy atom. The highest BCUT2D eigenvalue weighted by atomic mass is 32.2. The standard InChI is InChI=1S/C27H27FN4O5S/c1-16-23(25(35)32(30(16)3)20-7-5-4-6-8-20)29-24(34)17(2)37-26(36)21-15-38-27(14-13-22(33)31(21)27)18-9-11-19(28)12-10-18/h4-12,17,21H,13-15H2,1-3H3,(H,29,34)/t17-,21-,27-/m0/s1. The van der Waals surface area contributed by atoms with Gasteiger partial charge in [-0.3, -0.25) is 19.1 Å². The third-order valence-electron chi connectivity index (χ3n) is 7.16. The molecule has 1 aromatic heterocycles. The molecular weight excluding hydrogens is 511 g/mol. The second-order valence-electron chi connectivity index (χ2n) is 9.39. The third-order valence-corrected chi connectivity index (χ3v) is 8.76. The summed E-state index contributed by atoms with van der Waals surface area (Å²) >= 11 is 1.44. The summed E-state index contributed by atoms with van der Waals surface area (Å²) in [6.07, 6.45) is -0.469. The van der Waals surface area contributed by atoms with Crippen molar-refractivity contribution in [2.45, 2.75) is 43.7 Å². The number of esters is 1. The van der Waals surface area contributed by atoms with E-state index in [0.29, 0.717) is 17.8 Å². The van der Waals surface area contributed by atoms with Gasteiger partial charge in [0.15, 0.2) is 6.10 Å². The summed E-state index contributed by atoms with van der Waals surface area (Å²) in [6, 6.07) is 14.0. The van der Waals surface area contributed by atoms with Gasteiger partial charge in [0.25, 0.3) is 11.5 Å². The number of para-hydroxylation sites is 1. The zero-order valence-corrected chi connectivity index (χ0v) is 22.0. The average Bonchev–Trinajstić information content (AvgIpc) is 3.52. The average molecular weight is 539 g/mol. The molecule has 0 radical (unpaired) electrons. The molecule has 0 unspecified atom stereocenters. The summed E-state index contributed by atoms with van der Waals surface area (Å²) in [5, 5.41) is 2.61. The number of aromatic nitrogens is 2.